The molecule has 4 heteroatoms. The Bertz CT molecular complexity index is 847. The maximum absolute atomic E-state index is 12.9. The molecule has 0 saturated carbocycles. The fraction of sp³-hybridized carbons (Fsp3) is 0.130. The van der Waals surface area contributed by atoms with Crippen molar-refractivity contribution >= 4 is 12.1 Å². The lowest BCUT2D eigenvalue weighted by atomic mass is 10.0. The molecule has 27 heavy (non-hydrogen) atoms. The van der Waals surface area contributed by atoms with Crippen molar-refractivity contribution in [3.8, 4) is 11.5 Å². The molecule has 0 radical (unpaired) electrons. The zero-order chi connectivity index (χ0) is 18.9. The van der Waals surface area contributed by atoms with E-state index in [1.807, 2.05) is 66.7 Å². The molecule has 0 spiro atoms. The lowest BCUT2D eigenvalue weighted by Gasteiger charge is -2.20. The first kappa shape index (κ1) is 18.4. The van der Waals surface area contributed by atoms with Gasteiger partial charge in [-0.3, -0.25) is 9.59 Å². The number of ether oxygens (including phenoxy) is 2. The molecular weight excluding hydrogens is 340 g/mol. The summed E-state index contributed by atoms with van der Waals surface area (Å²) in [5, 5.41) is 0. The molecule has 0 fully saturated rings. The van der Waals surface area contributed by atoms with E-state index in [1.54, 1.807) is 24.3 Å². The van der Waals surface area contributed by atoms with Gasteiger partial charge in [-0.2, -0.15) is 0 Å². The van der Waals surface area contributed by atoms with Crippen LogP contribution in [0, 0.1) is 0 Å². The van der Waals surface area contributed by atoms with E-state index < -0.39 is 12.2 Å². The van der Waals surface area contributed by atoms with Crippen LogP contribution in [0.4, 0.5) is 0 Å². The highest BCUT2D eigenvalue weighted by Gasteiger charge is 2.26. The Morgan fingerprint density at radius 3 is 1.74 bits per heavy atom. The summed E-state index contributed by atoms with van der Waals surface area (Å²) >= 11 is 0. The number of hydrogen-bond donors (Lipinski definition) is 0. The van der Waals surface area contributed by atoms with Crippen molar-refractivity contribution in [2.45, 2.75) is 18.6 Å². The number of hydrogen-bond acceptors (Lipinski definition) is 4. The molecule has 0 saturated heterocycles. The Hall–Kier alpha value is -3.40. The highest BCUT2D eigenvalue weighted by atomic mass is 16.5. The number of rotatable bonds is 9. The average Bonchev–Trinajstić information content (AvgIpc) is 2.73. The van der Waals surface area contributed by atoms with Crippen molar-refractivity contribution in [3.63, 3.8) is 0 Å². The first-order valence-electron chi connectivity index (χ1n) is 8.72. The second-order valence-corrected chi connectivity index (χ2v) is 6.00. The summed E-state index contributed by atoms with van der Waals surface area (Å²) in [5.74, 6) is 0.909. The molecule has 0 heterocycles. The number of benzene rings is 3. The fourth-order valence-electron chi connectivity index (χ4n) is 2.68. The molecule has 0 aromatic heterocycles. The quantitative estimate of drug-likeness (QED) is 0.530. The molecule has 4 nitrogen and oxygen atoms in total. The van der Waals surface area contributed by atoms with Crippen LogP contribution in [0.1, 0.15) is 18.1 Å². The van der Waals surface area contributed by atoms with Gasteiger partial charge in [0.1, 0.15) is 11.5 Å². The highest BCUT2D eigenvalue weighted by Crippen LogP contribution is 2.25. The van der Waals surface area contributed by atoms with E-state index >= 15 is 0 Å². The summed E-state index contributed by atoms with van der Waals surface area (Å²) in [6.45, 7) is 0. The van der Waals surface area contributed by atoms with Gasteiger partial charge in [-0.15, -0.1) is 0 Å². The molecule has 2 atom stereocenters. The van der Waals surface area contributed by atoms with Crippen molar-refractivity contribution < 1.29 is 19.1 Å². The van der Waals surface area contributed by atoms with Gasteiger partial charge in [0, 0.05) is 0 Å². The Labute approximate surface area is 158 Å². The van der Waals surface area contributed by atoms with Crippen molar-refractivity contribution in [3.05, 3.63) is 96.6 Å². The van der Waals surface area contributed by atoms with E-state index in [4.69, 9.17) is 9.47 Å². The SMILES string of the molecule is O=CC(CC(=O)C(Oc1ccccc1)c1ccccc1)Oc1ccccc1. The molecule has 2 unspecified atom stereocenters. The topological polar surface area (TPSA) is 52.6 Å². The van der Waals surface area contributed by atoms with Crippen LogP contribution in [0.2, 0.25) is 0 Å². The number of carbonyl (C=O) groups is 2. The second-order valence-electron chi connectivity index (χ2n) is 6.00. The zero-order valence-corrected chi connectivity index (χ0v) is 14.7. The van der Waals surface area contributed by atoms with Crippen LogP contribution in [0.25, 0.3) is 0 Å². The van der Waals surface area contributed by atoms with Gasteiger partial charge in [-0.1, -0.05) is 66.7 Å². The van der Waals surface area contributed by atoms with Gasteiger partial charge in [-0.25, -0.2) is 0 Å². The van der Waals surface area contributed by atoms with Gasteiger partial charge in [0.15, 0.2) is 24.3 Å². The summed E-state index contributed by atoms with van der Waals surface area (Å²) in [6, 6.07) is 27.4. The zero-order valence-electron chi connectivity index (χ0n) is 14.7. The Balaban J connectivity index is 1.76. The summed E-state index contributed by atoms with van der Waals surface area (Å²) in [6.07, 6.45) is -1.11. The first-order chi connectivity index (χ1) is 13.3. The van der Waals surface area contributed by atoms with Crippen LogP contribution in [0.5, 0.6) is 11.5 Å². The first-order valence-corrected chi connectivity index (χ1v) is 8.72. The monoisotopic (exact) mass is 360 g/mol. The van der Waals surface area contributed by atoms with Crippen molar-refractivity contribution in [2.75, 3.05) is 0 Å². The summed E-state index contributed by atoms with van der Waals surface area (Å²) in [5.41, 5.74) is 0.732. The Kier molecular flexibility index (Phi) is 6.36. The van der Waals surface area contributed by atoms with Crippen LogP contribution in [-0.4, -0.2) is 18.2 Å². The second kappa shape index (κ2) is 9.34. The van der Waals surface area contributed by atoms with Gasteiger partial charge in [0.2, 0.25) is 0 Å². The standard InChI is InChI=1S/C23H20O4/c24-17-21(26-19-12-6-2-7-13-19)16-22(25)23(18-10-4-1-5-11-18)27-20-14-8-3-9-15-20/h1-15,17,21,23H,16H2. The molecule has 0 aliphatic rings. The molecule has 0 aliphatic heterocycles. The molecule has 136 valence electrons. The largest absolute Gasteiger partial charge is 0.483 e. The molecule has 3 aromatic carbocycles. The molecular formula is C23H20O4. The van der Waals surface area contributed by atoms with Crippen LogP contribution < -0.4 is 9.47 Å². The minimum atomic E-state index is -0.870. The van der Waals surface area contributed by atoms with E-state index in [1.165, 1.54) is 0 Å². The third kappa shape index (κ3) is 5.28. The molecule has 0 aliphatic carbocycles. The fourth-order valence-corrected chi connectivity index (χ4v) is 2.68. The maximum atomic E-state index is 12.9. The minimum absolute atomic E-state index is 0.0786. The highest BCUT2D eigenvalue weighted by molar-refractivity contribution is 5.87. The lowest BCUT2D eigenvalue weighted by Crippen LogP contribution is -2.28. The smallest absolute Gasteiger partial charge is 0.182 e. The Morgan fingerprint density at radius 2 is 1.22 bits per heavy atom. The van der Waals surface area contributed by atoms with E-state index in [-0.39, 0.29) is 12.2 Å². The van der Waals surface area contributed by atoms with Gasteiger partial charge < -0.3 is 9.47 Å². The molecule has 3 aromatic rings. The van der Waals surface area contributed by atoms with Crippen molar-refractivity contribution in [1.29, 1.82) is 0 Å². The third-order valence-corrected chi connectivity index (χ3v) is 3.98. The normalized spacial score (nSPS) is 12.6. The molecule has 0 N–H and O–H groups in total. The Morgan fingerprint density at radius 1 is 0.741 bits per heavy atom. The van der Waals surface area contributed by atoms with Gasteiger partial charge in [0.25, 0.3) is 0 Å². The van der Waals surface area contributed by atoms with Gasteiger partial charge >= 0.3 is 0 Å². The minimum Gasteiger partial charge on any atom is -0.483 e. The number of carbonyl (C=O) groups excluding carboxylic acids is 2. The van der Waals surface area contributed by atoms with Crippen molar-refractivity contribution in [1.82, 2.24) is 0 Å². The summed E-state index contributed by atoms with van der Waals surface area (Å²) in [4.78, 5) is 24.4. The summed E-state index contributed by atoms with van der Waals surface area (Å²) in [7, 11) is 0. The van der Waals surface area contributed by atoms with E-state index in [9.17, 15) is 9.59 Å². The molecule has 0 bridgehead atoms. The summed E-state index contributed by atoms with van der Waals surface area (Å²) < 4.78 is 11.6. The van der Waals surface area contributed by atoms with Crippen LogP contribution in [-0.2, 0) is 9.59 Å². The van der Waals surface area contributed by atoms with E-state index in [0.29, 0.717) is 17.8 Å². The maximum Gasteiger partial charge on any atom is 0.182 e. The number of aldehydes is 1. The van der Waals surface area contributed by atoms with Gasteiger partial charge in [0.05, 0.1) is 6.42 Å². The van der Waals surface area contributed by atoms with Crippen LogP contribution in [0.3, 0.4) is 0 Å². The molecule has 0 amide bonds. The van der Waals surface area contributed by atoms with Crippen LogP contribution in [0.15, 0.2) is 91.0 Å². The predicted octanol–water partition coefficient (Wildman–Crippen LogP) is 4.41. The lowest BCUT2D eigenvalue weighted by molar-refractivity contribution is -0.130. The van der Waals surface area contributed by atoms with E-state index in [2.05, 4.69) is 0 Å². The molecule has 3 rings (SSSR count). The predicted molar refractivity (Wildman–Crippen MR) is 103 cm³/mol. The van der Waals surface area contributed by atoms with Gasteiger partial charge in [-0.05, 0) is 29.8 Å². The van der Waals surface area contributed by atoms with Crippen LogP contribution >= 0.6 is 0 Å². The average molecular weight is 360 g/mol. The third-order valence-electron chi connectivity index (χ3n) is 3.98. The number of Topliss-reactive ketones (excluding diaryl/α,β-unsaturated/α-hetero) is 1. The number of ketones is 1. The number of para-hydroxylation sites is 2. The van der Waals surface area contributed by atoms with Crippen molar-refractivity contribution in [2.24, 2.45) is 0 Å². The van der Waals surface area contributed by atoms with E-state index in [0.717, 1.165) is 5.56 Å².